The number of aliphatic hydroxyl groups is 1. The third-order valence-corrected chi connectivity index (χ3v) is 3.66. The van der Waals surface area contributed by atoms with Gasteiger partial charge in [0.1, 0.15) is 0 Å². The molecular weight excluding hydrogens is 254 g/mol. The van der Waals surface area contributed by atoms with Gasteiger partial charge < -0.3 is 14.8 Å². The van der Waals surface area contributed by atoms with Crippen molar-refractivity contribution in [1.29, 1.82) is 0 Å². The second-order valence-corrected chi connectivity index (χ2v) is 5.44. The molecule has 1 heterocycles. The molecule has 0 amide bonds. The summed E-state index contributed by atoms with van der Waals surface area (Å²) in [4.78, 5) is 11.6. The molecule has 4 heteroatoms. The number of carboxylic acid groups (broad SMARTS) is 1. The molecule has 108 valence electrons. The summed E-state index contributed by atoms with van der Waals surface area (Å²) in [5, 5.41) is 19.5. The van der Waals surface area contributed by atoms with Crippen LogP contribution >= 0.6 is 0 Å². The van der Waals surface area contributed by atoms with Crippen molar-refractivity contribution in [3.05, 3.63) is 35.0 Å². The highest BCUT2D eigenvalue weighted by atomic mass is 16.4. The molecule has 2 N–H and O–H groups in total. The number of nitrogens with zero attached hydrogens (tertiary/aromatic N) is 1. The molecule has 0 aliphatic heterocycles. The van der Waals surface area contributed by atoms with E-state index >= 15 is 0 Å². The maximum Gasteiger partial charge on any atom is 0.338 e. The number of aryl methyl sites for hydroxylation is 2. The summed E-state index contributed by atoms with van der Waals surface area (Å²) in [6.07, 6.45) is 3.47. The fourth-order valence-electron chi connectivity index (χ4n) is 2.67. The Hall–Kier alpha value is -1.81. The van der Waals surface area contributed by atoms with E-state index in [-0.39, 0.29) is 12.6 Å². The van der Waals surface area contributed by atoms with Crippen LogP contribution in [0.1, 0.15) is 47.8 Å². The Balaban J connectivity index is 2.75. The van der Waals surface area contributed by atoms with Gasteiger partial charge in [0.2, 0.25) is 0 Å². The molecule has 0 aliphatic carbocycles. The van der Waals surface area contributed by atoms with Gasteiger partial charge in [-0.2, -0.15) is 0 Å². The quantitative estimate of drug-likeness (QED) is 0.881. The van der Waals surface area contributed by atoms with E-state index < -0.39 is 5.97 Å². The van der Waals surface area contributed by atoms with E-state index in [1.54, 1.807) is 0 Å². The normalized spacial score (nSPS) is 11.4. The van der Waals surface area contributed by atoms with Gasteiger partial charge in [0.05, 0.1) is 11.1 Å². The zero-order chi connectivity index (χ0) is 14.9. The molecule has 0 bridgehead atoms. The molecule has 1 aromatic carbocycles. The topological polar surface area (TPSA) is 62.5 Å². The Kier molecular flexibility index (Phi) is 4.14. The molecule has 0 spiro atoms. The van der Waals surface area contributed by atoms with Gasteiger partial charge in [-0.25, -0.2) is 4.79 Å². The summed E-state index contributed by atoms with van der Waals surface area (Å²) in [6, 6.07) is 4.04. The number of carboxylic acids is 1. The molecule has 1 aromatic heterocycles. The summed E-state index contributed by atoms with van der Waals surface area (Å²) in [5.41, 5.74) is 3.05. The minimum Gasteiger partial charge on any atom is -0.478 e. The monoisotopic (exact) mass is 275 g/mol. The van der Waals surface area contributed by atoms with Crippen molar-refractivity contribution in [2.75, 3.05) is 6.61 Å². The van der Waals surface area contributed by atoms with Gasteiger partial charge in [-0.05, 0) is 44.7 Å². The zero-order valence-electron chi connectivity index (χ0n) is 12.2. The van der Waals surface area contributed by atoms with Gasteiger partial charge in [0.25, 0.3) is 0 Å². The Morgan fingerprint density at radius 3 is 2.60 bits per heavy atom. The summed E-state index contributed by atoms with van der Waals surface area (Å²) in [6.45, 7) is 6.06. The van der Waals surface area contributed by atoms with Gasteiger partial charge >= 0.3 is 5.97 Å². The van der Waals surface area contributed by atoms with Crippen molar-refractivity contribution in [2.45, 2.75) is 39.7 Å². The number of hydrogen-bond acceptors (Lipinski definition) is 2. The summed E-state index contributed by atoms with van der Waals surface area (Å²) >= 11 is 0. The van der Waals surface area contributed by atoms with Crippen LogP contribution in [0.15, 0.2) is 18.3 Å². The number of aliphatic hydroxyl groups excluding tert-OH is 1. The lowest BCUT2D eigenvalue weighted by Crippen LogP contribution is -2.06. The van der Waals surface area contributed by atoms with Crippen LogP contribution in [0.2, 0.25) is 0 Å². The molecule has 4 nitrogen and oxygen atoms in total. The summed E-state index contributed by atoms with van der Waals surface area (Å²) in [7, 11) is 0. The first-order chi connectivity index (χ1) is 9.47. The van der Waals surface area contributed by atoms with E-state index in [1.807, 2.05) is 43.7 Å². The van der Waals surface area contributed by atoms with Crippen LogP contribution in [0.3, 0.4) is 0 Å². The Bertz CT molecular complexity index is 641. The molecule has 0 saturated carbocycles. The van der Waals surface area contributed by atoms with Crippen molar-refractivity contribution >= 4 is 16.9 Å². The maximum atomic E-state index is 11.6. The first-order valence-corrected chi connectivity index (χ1v) is 6.94. The molecule has 0 saturated heterocycles. The van der Waals surface area contributed by atoms with Crippen LogP contribution in [0.25, 0.3) is 10.9 Å². The fourth-order valence-corrected chi connectivity index (χ4v) is 2.67. The molecular formula is C16H21NO3. The summed E-state index contributed by atoms with van der Waals surface area (Å²) < 4.78 is 2.03. The van der Waals surface area contributed by atoms with E-state index in [1.165, 1.54) is 0 Å². The van der Waals surface area contributed by atoms with Crippen LogP contribution in [-0.2, 0) is 6.42 Å². The minimum atomic E-state index is -0.887. The fraction of sp³-hybridized carbons (Fsp3) is 0.438. The molecule has 0 atom stereocenters. The van der Waals surface area contributed by atoms with Gasteiger partial charge in [-0.3, -0.25) is 0 Å². The van der Waals surface area contributed by atoms with E-state index in [4.69, 9.17) is 5.11 Å². The lowest BCUT2D eigenvalue weighted by atomic mass is 10.0. The molecule has 0 radical (unpaired) electrons. The predicted molar refractivity (Wildman–Crippen MR) is 79.4 cm³/mol. The van der Waals surface area contributed by atoms with Gasteiger partial charge in [-0.15, -0.1) is 0 Å². The largest absolute Gasteiger partial charge is 0.478 e. The second-order valence-electron chi connectivity index (χ2n) is 5.44. The SMILES string of the molecule is Cc1ccc2c(CCCO)cn(C(C)C)c2c1C(=O)O. The third-order valence-electron chi connectivity index (χ3n) is 3.66. The maximum absolute atomic E-state index is 11.6. The van der Waals surface area contributed by atoms with E-state index in [0.717, 1.165) is 28.5 Å². The van der Waals surface area contributed by atoms with Gasteiger partial charge in [0, 0.05) is 24.2 Å². The lowest BCUT2D eigenvalue weighted by Gasteiger charge is -2.12. The minimum absolute atomic E-state index is 0.145. The van der Waals surface area contributed by atoms with Crippen LogP contribution in [0.5, 0.6) is 0 Å². The second kappa shape index (κ2) is 5.67. The Morgan fingerprint density at radius 2 is 2.05 bits per heavy atom. The van der Waals surface area contributed by atoms with E-state index in [0.29, 0.717) is 12.0 Å². The van der Waals surface area contributed by atoms with Crippen LogP contribution in [-0.4, -0.2) is 27.4 Å². The Labute approximate surface area is 118 Å². The smallest absolute Gasteiger partial charge is 0.338 e. The highest BCUT2D eigenvalue weighted by Gasteiger charge is 2.19. The third kappa shape index (κ3) is 2.43. The van der Waals surface area contributed by atoms with Gasteiger partial charge in [0.15, 0.2) is 0 Å². The van der Waals surface area contributed by atoms with Crippen LogP contribution in [0.4, 0.5) is 0 Å². The van der Waals surface area contributed by atoms with Gasteiger partial charge in [-0.1, -0.05) is 12.1 Å². The molecule has 2 rings (SSSR count). The van der Waals surface area contributed by atoms with Crippen molar-refractivity contribution in [2.24, 2.45) is 0 Å². The summed E-state index contributed by atoms with van der Waals surface area (Å²) in [5.74, 6) is -0.887. The molecule has 2 aromatic rings. The number of hydrogen-bond donors (Lipinski definition) is 2. The lowest BCUT2D eigenvalue weighted by molar-refractivity contribution is 0.0698. The number of rotatable bonds is 5. The van der Waals surface area contributed by atoms with Crippen LogP contribution < -0.4 is 0 Å². The first-order valence-electron chi connectivity index (χ1n) is 6.94. The average Bonchev–Trinajstić information content (AvgIpc) is 2.74. The molecule has 0 fully saturated rings. The van der Waals surface area contributed by atoms with E-state index in [2.05, 4.69) is 0 Å². The predicted octanol–water partition coefficient (Wildman–Crippen LogP) is 3.15. The number of fused-ring (bicyclic) bond motifs is 1. The van der Waals surface area contributed by atoms with E-state index in [9.17, 15) is 9.90 Å². The highest BCUT2D eigenvalue weighted by molar-refractivity contribution is 6.04. The number of aromatic carboxylic acids is 1. The van der Waals surface area contributed by atoms with Crippen molar-refractivity contribution in [3.63, 3.8) is 0 Å². The zero-order valence-corrected chi connectivity index (χ0v) is 12.2. The van der Waals surface area contributed by atoms with Crippen molar-refractivity contribution in [3.8, 4) is 0 Å². The average molecular weight is 275 g/mol. The number of aromatic nitrogens is 1. The molecule has 0 unspecified atom stereocenters. The molecule has 0 aliphatic rings. The van der Waals surface area contributed by atoms with Crippen molar-refractivity contribution < 1.29 is 15.0 Å². The standard InChI is InChI=1S/C16H21NO3/c1-10(2)17-9-12(5-4-8-18)13-7-6-11(3)14(15(13)17)16(19)20/h6-7,9-10,18H,4-5,8H2,1-3H3,(H,19,20). The highest BCUT2D eigenvalue weighted by Crippen LogP contribution is 2.30. The number of carbonyl (C=O) groups is 1. The van der Waals surface area contributed by atoms with Crippen molar-refractivity contribution in [1.82, 2.24) is 4.57 Å². The molecule has 20 heavy (non-hydrogen) atoms. The van der Waals surface area contributed by atoms with Crippen LogP contribution in [0, 0.1) is 6.92 Å². The first kappa shape index (κ1) is 14.6. The Morgan fingerprint density at radius 1 is 1.35 bits per heavy atom. The number of benzene rings is 1.